The van der Waals surface area contributed by atoms with Crippen LogP contribution in [0, 0.1) is 0 Å². The average Bonchev–Trinajstić information content (AvgIpc) is 1.77. The highest BCUT2D eigenvalue weighted by Gasteiger charge is 1.84. The van der Waals surface area contributed by atoms with Crippen molar-refractivity contribution < 1.29 is 10.2 Å². The monoisotopic (exact) mass is 144 g/mol. The Morgan fingerprint density at radius 1 is 0.778 bits per heavy atom. The Morgan fingerprint density at radius 2 is 1.00 bits per heavy atom. The smallest absolute Gasteiger partial charge is 0.115 e. The van der Waals surface area contributed by atoms with Crippen molar-refractivity contribution in [2.24, 2.45) is 0 Å². The maximum Gasteiger partial charge on any atom is 0.115 e. The topological polar surface area (TPSA) is 40.5 Å². The van der Waals surface area contributed by atoms with E-state index in [1.165, 1.54) is 24.3 Å². The number of phenols is 2. The van der Waals surface area contributed by atoms with Gasteiger partial charge in [0.25, 0.3) is 0 Å². The number of phenolic OH excluding ortho intramolecular Hbond substituents is 2. The highest BCUT2D eigenvalue weighted by atomic mass is 32.1. The Bertz CT molecular complexity index is 150. The summed E-state index contributed by atoms with van der Waals surface area (Å²) in [5.74, 6) is 0.339. The third-order valence-electron chi connectivity index (χ3n) is 0.850. The lowest BCUT2D eigenvalue weighted by atomic mass is 10.3. The first-order valence-electron chi connectivity index (χ1n) is 2.27. The molecule has 2 N–H and O–H groups in total. The first-order valence-corrected chi connectivity index (χ1v) is 2.27. The quantitative estimate of drug-likeness (QED) is 0.537. The number of benzene rings is 1. The normalized spacial score (nSPS) is 8.00. The molecule has 1 rings (SSSR count). The van der Waals surface area contributed by atoms with Crippen LogP contribution in [0.25, 0.3) is 0 Å². The molecule has 50 valence electrons. The van der Waals surface area contributed by atoms with Gasteiger partial charge >= 0.3 is 0 Å². The zero-order valence-electron chi connectivity index (χ0n) is 4.70. The lowest BCUT2D eigenvalue weighted by Gasteiger charge is -1.88. The van der Waals surface area contributed by atoms with Gasteiger partial charge in [-0.05, 0) is 24.3 Å². The Hall–Kier alpha value is -0.830. The second-order valence-corrected chi connectivity index (χ2v) is 1.52. The molecule has 0 radical (unpaired) electrons. The molecule has 0 aliphatic carbocycles. The number of hydrogen-bond donors (Lipinski definition) is 2. The van der Waals surface area contributed by atoms with Gasteiger partial charge in [0.15, 0.2) is 0 Å². The average molecular weight is 144 g/mol. The van der Waals surface area contributed by atoms with Crippen LogP contribution in [-0.4, -0.2) is 10.2 Å². The van der Waals surface area contributed by atoms with E-state index in [-0.39, 0.29) is 25.0 Å². The predicted molar refractivity (Wildman–Crippen MR) is 40.2 cm³/mol. The van der Waals surface area contributed by atoms with Crippen LogP contribution in [0.1, 0.15) is 0 Å². The summed E-state index contributed by atoms with van der Waals surface area (Å²) in [6, 6.07) is 5.70. The van der Waals surface area contributed by atoms with Crippen molar-refractivity contribution in [3.05, 3.63) is 24.3 Å². The lowest BCUT2D eigenvalue weighted by Crippen LogP contribution is -1.61. The Labute approximate surface area is 60.2 Å². The Morgan fingerprint density at radius 3 is 1.22 bits per heavy atom. The second-order valence-electron chi connectivity index (χ2n) is 1.52. The van der Waals surface area contributed by atoms with E-state index < -0.39 is 0 Å². The summed E-state index contributed by atoms with van der Waals surface area (Å²) in [5, 5.41) is 17.3. The second kappa shape index (κ2) is 3.25. The molecule has 0 aliphatic rings. The van der Waals surface area contributed by atoms with E-state index in [1.54, 1.807) is 0 Å². The number of rotatable bonds is 0. The van der Waals surface area contributed by atoms with Gasteiger partial charge in [-0.2, -0.15) is 13.5 Å². The molecule has 1 aromatic carbocycles. The van der Waals surface area contributed by atoms with E-state index >= 15 is 0 Å². The number of aromatic hydroxyl groups is 2. The van der Waals surface area contributed by atoms with Crippen molar-refractivity contribution >= 4 is 13.5 Å². The van der Waals surface area contributed by atoms with Gasteiger partial charge in [-0.15, -0.1) is 0 Å². The van der Waals surface area contributed by atoms with Crippen molar-refractivity contribution in [3.8, 4) is 11.5 Å². The van der Waals surface area contributed by atoms with E-state index in [1.807, 2.05) is 0 Å². The zero-order valence-corrected chi connectivity index (χ0v) is 5.70. The first kappa shape index (κ1) is 8.17. The molecule has 2 nitrogen and oxygen atoms in total. The summed E-state index contributed by atoms with van der Waals surface area (Å²) >= 11 is 0. The maximum absolute atomic E-state index is 8.65. The maximum atomic E-state index is 8.65. The van der Waals surface area contributed by atoms with Crippen molar-refractivity contribution in [1.29, 1.82) is 0 Å². The van der Waals surface area contributed by atoms with Gasteiger partial charge in [0.05, 0.1) is 0 Å². The molecule has 0 aromatic heterocycles. The molecule has 0 heterocycles. The van der Waals surface area contributed by atoms with Gasteiger partial charge in [0.1, 0.15) is 11.5 Å². The van der Waals surface area contributed by atoms with Gasteiger partial charge in [0.2, 0.25) is 0 Å². The van der Waals surface area contributed by atoms with Crippen molar-refractivity contribution in [3.63, 3.8) is 0 Å². The molecular weight excluding hydrogens is 136 g/mol. The number of hydrogen-bond acceptors (Lipinski definition) is 2. The van der Waals surface area contributed by atoms with Gasteiger partial charge in [-0.25, -0.2) is 0 Å². The lowest BCUT2D eigenvalue weighted by molar-refractivity contribution is 0.460. The van der Waals surface area contributed by atoms with Crippen LogP contribution in [0.3, 0.4) is 0 Å². The van der Waals surface area contributed by atoms with E-state index in [2.05, 4.69) is 0 Å². The van der Waals surface area contributed by atoms with E-state index in [4.69, 9.17) is 10.2 Å². The van der Waals surface area contributed by atoms with Crippen LogP contribution in [0.2, 0.25) is 0 Å². The van der Waals surface area contributed by atoms with E-state index in [9.17, 15) is 0 Å². The fraction of sp³-hybridized carbons (Fsp3) is 0. The summed E-state index contributed by atoms with van der Waals surface area (Å²) in [6.07, 6.45) is 0. The van der Waals surface area contributed by atoms with Gasteiger partial charge in [0, 0.05) is 0 Å². The molecule has 0 amide bonds. The van der Waals surface area contributed by atoms with Crippen LogP contribution in [0.4, 0.5) is 0 Å². The standard InChI is InChI=1S/C6H6O2.H2S/c7-5-1-2-6(8)4-3-5;/h1-4,7-8H;1H2. The third kappa shape index (κ3) is 2.28. The van der Waals surface area contributed by atoms with Crippen LogP contribution in [-0.2, 0) is 0 Å². The molecule has 0 unspecified atom stereocenters. The van der Waals surface area contributed by atoms with Crippen molar-refractivity contribution in [1.82, 2.24) is 0 Å². The van der Waals surface area contributed by atoms with Crippen molar-refractivity contribution in [2.45, 2.75) is 0 Å². The highest BCUT2D eigenvalue weighted by molar-refractivity contribution is 7.59. The SMILES string of the molecule is Oc1ccc(O)cc1.S. The van der Waals surface area contributed by atoms with Crippen LogP contribution >= 0.6 is 13.5 Å². The first-order chi connectivity index (χ1) is 3.79. The molecule has 0 aliphatic heterocycles. The minimum Gasteiger partial charge on any atom is -0.508 e. The van der Waals surface area contributed by atoms with Gasteiger partial charge < -0.3 is 10.2 Å². The highest BCUT2D eigenvalue weighted by Crippen LogP contribution is 2.13. The summed E-state index contributed by atoms with van der Waals surface area (Å²) in [7, 11) is 0. The zero-order chi connectivity index (χ0) is 5.98. The Balaban J connectivity index is 0.000000640. The fourth-order valence-corrected chi connectivity index (χ4v) is 0.453. The summed E-state index contributed by atoms with van der Waals surface area (Å²) < 4.78 is 0. The van der Waals surface area contributed by atoms with Crippen LogP contribution in [0.15, 0.2) is 24.3 Å². The van der Waals surface area contributed by atoms with Crippen LogP contribution < -0.4 is 0 Å². The molecule has 3 heteroatoms. The Kier molecular flexibility index (Phi) is 2.95. The third-order valence-corrected chi connectivity index (χ3v) is 0.850. The molecule has 0 fully saturated rings. The molecule has 1 aromatic rings. The van der Waals surface area contributed by atoms with Crippen LogP contribution in [0.5, 0.6) is 11.5 Å². The van der Waals surface area contributed by atoms with Gasteiger partial charge in [-0.1, -0.05) is 0 Å². The minimum absolute atomic E-state index is 0. The largest absolute Gasteiger partial charge is 0.508 e. The molecule has 0 spiro atoms. The minimum atomic E-state index is 0. The summed E-state index contributed by atoms with van der Waals surface area (Å²) in [6.45, 7) is 0. The summed E-state index contributed by atoms with van der Waals surface area (Å²) in [4.78, 5) is 0. The molecular formula is C6H8O2S. The van der Waals surface area contributed by atoms with Crippen molar-refractivity contribution in [2.75, 3.05) is 0 Å². The molecule has 0 bridgehead atoms. The van der Waals surface area contributed by atoms with Gasteiger partial charge in [-0.3, -0.25) is 0 Å². The predicted octanol–water partition coefficient (Wildman–Crippen LogP) is 1.21. The molecule has 0 saturated carbocycles. The molecule has 0 saturated heterocycles. The molecule has 9 heavy (non-hydrogen) atoms. The molecule has 0 atom stereocenters. The van der Waals surface area contributed by atoms with E-state index in [0.29, 0.717) is 0 Å². The summed E-state index contributed by atoms with van der Waals surface area (Å²) in [5.41, 5.74) is 0. The van der Waals surface area contributed by atoms with E-state index in [0.717, 1.165) is 0 Å². The fourth-order valence-electron chi connectivity index (χ4n) is 0.453.